The maximum absolute atomic E-state index is 12.4. The van der Waals surface area contributed by atoms with E-state index in [1.807, 2.05) is 32.9 Å². The van der Waals surface area contributed by atoms with Gasteiger partial charge in [0.15, 0.2) is 5.41 Å². The number of rotatable bonds is 7. The summed E-state index contributed by atoms with van der Waals surface area (Å²) in [5.41, 5.74) is -0.121. The molecule has 116 valence electrons. The van der Waals surface area contributed by atoms with Crippen LogP contribution in [0.3, 0.4) is 0 Å². The third kappa shape index (κ3) is 3.63. The fourth-order valence-electron chi connectivity index (χ4n) is 2.38. The van der Waals surface area contributed by atoms with Gasteiger partial charge in [0.2, 0.25) is 0 Å². The van der Waals surface area contributed by atoms with Gasteiger partial charge in [0.1, 0.15) is 0 Å². The first kappa shape index (κ1) is 17.2. The summed E-state index contributed by atoms with van der Waals surface area (Å²) < 4.78 is 5.08. The van der Waals surface area contributed by atoms with E-state index >= 15 is 0 Å². The Morgan fingerprint density at radius 3 is 2.24 bits per heavy atom. The van der Waals surface area contributed by atoms with Gasteiger partial charge in [0.05, 0.1) is 6.61 Å². The lowest BCUT2D eigenvalue weighted by molar-refractivity contribution is -0.162. The van der Waals surface area contributed by atoms with E-state index in [0.717, 1.165) is 12.0 Å². The van der Waals surface area contributed by atoms with Crippen LogP contribution in [0.25, 0.3) is 0 Å². The zero-order chi connectivity index (χ0) is 16.0. The van der Waals surface area contributed by atoms with Gasteiger partial charge >= 0.3 is 11.9 Å². The fourth-order valence-corrected chi connectivity index (χ4v) is 2.38. The molecule has 0 aliphatic heterocycles. The van der Waals surface area contributed by atoms with Gasteiger partial charge in [-0.25, -0.2) is 0 Å². The Kier molecular flexibility index (Phi) is 5.94. The molecule has 0 aliphatic rings. The maximum Gasteiger partial charge on any atom is 0.328 e. The van der Waals surface area contributed by atoms with Crippen molar-refractivity contribution in [2.75, 3.05) is 6.61 Å². The van der Waals surface area contributed by atoms with Crippen LogP contribution in [-0.2, 0) is 19.7 Å². The van der Waals surface area contributed by atoms with Crippen LogP contribution in [0.4, 0.5) is 0 Å². The van der Waals surface area contributed by atoms with Crippen LogP contribution in [-0.4, -0.2) is 23.7 Å². The average Bonchev–Trinajstić information content (AvgIpc) is 2.45. The summed E-state index contributed by atoms with van der Waals surface area (Å²) in [6.45, 7) is 7.71. The lowest BCUT2D eigenvalue weighted by atomic mass is 9.73. The summed E-state index contributed by atoms with van der Waals surface area (Å²) in [7, 11) is 0. The molecule has 0 aromatic heterocycles. The minimum atomic E-state index is -1.63. The van der Waals surface area contributed by atoms with Crippen molar-refractivity contribution in [2.45, 2.75) is 46.0 Å². The van der Waals surface area contributed by atoms with Crippen LogP contribution < -0.4 is 0 Å². The number of carboxylic acid groups (broad SMARTS) is 1. The lowest BCUT2D eigenvalue weighted by Gasteiger charge is -2.30. The summed E-state index contributed by atoms with van der Waals surface area (Å²) in [5.74, 6) is -1.72. The Hall–Kier alpha value is -1.84. The van der Waals surface area contributed by atoms with Crippen molar-refractivity contribution in [3.8, 4) is 0 Å². The third-order valence-electron chi connectivity index (χ3n) is 3.88. The van der Waals surface area contributed by atoms with Crippen LogP contribution in [0.1, 0.15) is 44.7 Å². The van der Waals surface area contributed by atoms with Crippen molar-refractivity contribution in [3.05, 3.63) is 35.4 Å². The number of hydrogen-bond donors (Lipinski definition) is 1. The molecule has 0 radical (unpaired) electrons. The molecule has 0 saturated heterocycles. The number of carboxylic acids is 1. The van der Waals surface area contributed by atoms with Crippen molar-refractivity contribution in [1.82, 2.24) is 0 Å². The molecule has 1 rings (SSSR count). The van der Waals surface area contributed by atoms with Gasteiger partial charge in [-0.1, -0.05) is 50.1 Å². The number of esters is 1. The van der Waals surface area contributed by atoms with Gasteiger partial charge < -0.3 is 9.84 Å². The highest BCUT2D eigenvalue weighted by molar-refractivity contribution is 6.05. The second-order valence-electron chi connectivity index (χ2n) is 5.51. The van der Waals surface area contributed by atoms with Crippen LogP contribution in [0.2, 0.25) is 0 Å². The highest BCUT2D eigenvalue weighted by atomic mass is 16.5. The van der Waals surface area contributed by atoms with E-state index < -0.39 is 17.4 Å². The smallest absolute Gasteiger partial charge is 0.328 e. The van der Waals surface area contributed by atoms with Gasteiger partial charge in [-0.05, 0) is 31.7 Å². The zero-order valence-electron chi connectivity index (χ0n) is 13.2. The van der Waals surface area contributed by atoms with E-state index in [1.54, 1.807) is 19.1 Å². The first-order valence-electron chi connectivity index (χ1n) is 7.36. The summed E-state index contributed by atoms with van der Waals surface area (Å²) in [6.07, 6.45) is 1.04. The number of carbonyl (C=O) groups is 2. The van der Waals surface area contributed by atoms with Crippen molar-refractivity contribution < 1.29 is 19.4 Å². The molecular formula is C17H24O4. The molecule has 4 heteroatoms. The number of aliphatic carboxylic acids is 1. The minimum Gasteiger partial charge on any atom is -0.480 e. The SMILES string of the molecule is CCOC(=O)C(CC(C)CC)(C(=O)O)c1ccc(C)cc1. The average molecular weight is 292 g/mol. The first-order valence-corrected chi connectivity index (χ1v) is 7.36. The molecule has 0 amide bonds. The topological polar surface area (TPSA) is 63.6 Å². The highest BCUT2D eigenvalue weighted by Crippen LogP contribution is 2.34. The van der Waals surface area contributed by atoms with Gasteiger partial charge in [-0.3, -0.25) is 9.59 Å². The van der Waals surface area contributed by atoms with Crippen molar-refractivity contribution in [1.29, 1.82) is 0 Å². The molecule has 0 bridgehead atoms. The normalized spacial score (nSPS) is 15.0. The van der Waals surface area contributed by atoms with E-state index in [2.05, 4.69) is 0 Å². The molecule has 0 aliphatic carbocycles. The zero-order valence-corrected chi connectivity index (χ0v) is 13.2. The molecule has 0 heterocycles. The number of aryl methyl sites for hydroxylation is 1. The van der Waals surface area contributed by atoms with E-state index in [1.165, 1.54) is 0 Å². The van der Waals surface area contributed by atoms with Crippen LogP contribution in [0, 0.1) is 12.8 Å². The fraction of sp³-hybridized carbons (Fsp3) is 0.529. The minimum absolute atomic E-state index is 0.104. The predicted octanol–water partition coefficient (Wildman–Crippen LogP) is 3.32. The second-order valence-corrected chi connectivity index (χ2v) is 5.51. The lowest BCUT2D eigenvalue weighted by Crippen LogP contribution is -2.46. The van der Waals surface area contributed by atoms with Gasteiger partial charge in [0, 0.05) is 0 Å². The van der Waals surface area contributed by atoms with Gasteiger partial charge in [-0.15, -0.1) is 0 Å². The van der Waals surface area contributed by atoms with Crippen LogP contribution in [0.5, 0.6) is 0 Å². The van der Waals surface area contributed by atoms with Crippen LogP contribution in [0.15, 0.2) is 24.3 Å². The largest absolute Gasteiger partial charge is 0.480 e. The summed E-state index contributed by atoms with van der Waals surface area (Å²) >= 11 is 0. The summed E-state index contributed by atoms with van der Waals surface area (Å²) in [4.78, 5) is 24.4. The molecule has 21 heavy (non-hydrogen) atoms. The number of hydrogen-bond acceptors (Lipinski definition) is 3. The van der Waals surface area contributed by atoms with E-state index in [4.69, 9.17) is 4.74 Å². The molecule has 1 aromatic carbocycles. The van der Waals surface area contributed by atoms with Crippen LogP contribution >= 0.6 is 0 Å². The molecule has 1 N–H and O–H groups in total. The maximum atomic E-state index is 12.4. The summed E-state index contributed by atoms with van der Waals surface area (Å²) in [6, 6.07) is 7.07. The highest BCUT2D eigenvalue weighted by Gasteiger charge is 2.49. The number of benzene rings is 1. The van der Waals surface area contributed by atoms with Crippen molar-refractivity contribution in [3.63, 3.8) is 0 Å². The Morgan fingerprint density at radius 1 is 1.24 bits per heavy atom. The standard InChI is InChI=1S/C17H24O4/c1-5-12(3)11-17(15(18)19,16(20)21-6-2)14-9-7-13(4)8-10-14/h7-10,12H,5-6,11H2,1-4H3,(H,18,19). The molecule has 0 fully saturated rings. The van der Waals surface area contributed by atoms with Gasteiger partial charge in [0.25, 0.3) is 0 Å². The van der Waals surface area contributed by atoms with E-state index in [-0.39, 0.29) is 18.9 Å². The Balaban J connectivity index is 3.39. The molecule has 2 atom stereocenters. The molecule has 2 unspecified atom stereocenters. The molecule has 4 nitrogen and oxygen atoms in total. The Bertz CT molecular complexity index is 492. The number of carbonyl (C=O) groups excluding carboxylic acids is 1. The van der Waals surface area contributed by atoms with Crippen molar-refractivity contribution >= 4 is 11.9 Å². The molecule has 0 saturated carbocycles. The molecular weight excluding hydrogens is 268 g/mol. The summed E-state index contributed by atoms with van der Waals surface area (Å²) in [5, 5.41) is 9.79. The van der Waals surface area contributed by atoms with E-state index in [0.29, 0.717) is 5.56 Å². The quantitative estimate of drug-likeness (QED) is 0.618. The third-order valence-corrected chi connectivity index (χ3v) is 3.88. The second kappa shape index (κ2) is 7.25. The van der Waals surface area contributed by atoms with E-state index in [9.17, 15) is 14.7 Å². The predicted molar refractivity (Wildman–Crippen MR) is 81.2 cm³/mol. The first-order chi connectivity index (χ1) is 9.88. The molecule has 0 spiro atoms. The monoisotopic (exact) mass is 292 g/mol. The Morgan fingerprint density at radius 2 is 1.81 bits per heavy atom. The number of ether oxygens (including phenoxy) is 1. The van der Waals surface area contributed by atoms with Crippen molar-refractivity contribution in [2.24, 2.45) is 5.92 Å². The van der Waals surface area contributed by atoms with Gasteiger partial charge in [-0.2, -0.15) is 0 Å². The Labute approximate surface area is 126 Å². The molecule has 1 aromatic rings.